The zero-order valence-corrected chi connectivity index (χ0v) is 13.7. The smallest absolute Gasteiger partial charge is 0.0596 e. The Morgan fingerprint density at radius 1 is 1.10 bits per heavy atom. The number of allylic oxidation sites excluding steroid dienone is 1. The van der Waals surface area contributed by atoms with Crippen LogP contribution in [0.2, 0.25) is 0 Å². The molecule has 0 aromatic carbocycles. The summed E-state index contributed by atoms with van der Waals surface area (Å²) >= 11 is 6.19. The van der Waals surface area contributed by atoms with E-state index in [2.05, 4.69) is 28.1 Å². The first kappa shape index (κ1) is 15.8. The molecule has 2 fully saturated rings. The molecule has 0 aromatic rings. The third kappa shape index (κ3) is 4.69. The summed E-state index contributed by atoms with van der Waals surface area (Å²) < 4.78 is 0. The van der Waals surface area contributed by atoms with Crippen LogP contribution in [-0.4, -0.2) is 30.8 Å². The Morgan fingerprint density at radius 2 is 1.95 bits per heavy atom. The van der Waals surface area contributed by atoms with Crippen molar-refractivity contribution in [1.29, 1.82) is 0 Å². The highest BCUT2D eigenvalue weighted by atomic mass is 35.5. The molecule has 1 saturated heterocycles. The molecule has 3 rings (SSSR count). The maximum absolute atomic E-state index is 6.19. The molecule has 0 bridgehead atoms. The molecular weight excluding hydrogens is 282 g/mol. The first-order valence-electron chi connectivity index (χ1n) is 8.82. The highest BCUT2D eigenvalue weighted by Crippen LogP contribution is 2.27. The molecule has 2 aliphatic carbocycles. The first-order chi connectivity index (χ1) is 10.3. The summed E-state index contributed by atoms with van der Waals surface area (Å²) in [5.41, 5.74) is 0. The van der Waals surface area contributed by atoms with Crippen molar-refractivity contribution in [3.8, 4) is 0 Å². The summed E-state index contributed by atoms with van der Waals surface area (Å²) in [6.45, 7) is 2.08. The fraction of sp³-hybridized carbons (Fsp3) is 0.882. The standard InChI is InChI=1S/C17H30ClN3/c18-15-8-6-13(7-9-15)11-19-17-10-16(20-12-21-17)14-4-2-1-3-5-14/h2,4,13-17,19-21H,1,3,5-12H2. The Hall–Kier alpha value is -0.0900. The van der Waals surface area contributed by atoms with Crippen LogP contribution in [-0.2, 0) is 0 Å². The van der Waals surface area contributed by atoms with Crippen LogP contribution in [0.25, 0.3) is 0 Å². The zero-order chi connectivity index (χ0) is 14.5. The molecule has 3 N–H and O–H groups in total. The molecule has 0 aromatic heterocycles. The molecule has 0 radical (unpaired) electrons. The van der Waals surface area contributed by atoms with Gasteiger partial charge in [-0.3, -0.25) is 5.32 Å². The van der Waals surface area contributed by atoms with E-state index < -0.39 is 0 Å². The van der Waals surface area contributed by atoms with Crippen molar-refractivity contribution < 1.29 is 0 Å². The van der Waals surface area contributed by atoms with E-state index >= 15 is 0 Å². The van der Waals surface area contributed by atoms with Crippen LogP contribution in [0.1, 0.15) is 51.4 Å². The molecule has 120 valence electrons. The van der Waals surface area contributed by atoms with E-state index in [9.17, 15) is 0 Å². The van der Waals surface area contributed by atoms with E-state index in [4.69, 9.17) is 11.6 Å². The van der Waals surface area contributed by atoms with Crippen molar-refractivity contribution in [2.24, 2.45) is 11.8 Å². The van der Waals surface area contributed by atoms with E-state index in [-0.39, 0.29) is 0 Å². The molecule has 4 heteroatoms. The summed E-state index contributed by atoms with van der Waals surface area (Å²) in [7, 11) is 0. The molecule has 3 nitrogen and oxygen atoms in total. The van der Waals surface area contributed by atoms with Crippen LogP contribution >= 0.6 is 11.6 Å². The van der Waals surface area contributed by atoms with Crippen LogP contribution in [0.4, 0.5) is 0 Å². The topological polar surface area (TPSA) is 36.1 Å². The van der Waals surface area contributed by atoms with Crippen molar-refractivity contribution in [3.63, 3.8) is 0 Å². The van der Waals surface area contributed by atoms with Gasteiger partial charge >= 0.3 is 0 Å². The number of halogens is 1. The summed E-state index contributed by atoms with van der Waals surface area (Å²) in [5, 5.41) is 11.4. The predicted octanol–water partition coefficient (Wildman–Crippen LogP) is 2.97. The van der Waals surface area contributed by atoms with E-state index in [1.165, 1.54) is 51.4 Å². The maximum Gasteiger partial charge on any atom is 0.0596 e. The SMILES string of the molecule is ClC1CCC(CNC2CC(C3C=CCCC3)NCN2)CC1. The van der Waals surface area contributed by atoms with Crippen LogP contribution in [0, 0.1) is 11.8 Å². The lowest BCUT2D eigenvalue weighted by molar-refractivity contribution is 0.220. The van der Waals surface area contributed by atoms with E-state index in [0.29, 0.717) is 17.6 Å². The Balaban J connectivity index is 1.41. The van der Waals surface area contributed by atoms with Gasteiger partial charge in [0, 0.05) is 18.1 Å². The quantitative estimate of drug-likeness (QED) is 0.552. The second kappa shape index (κ2) is 7.96. The summed E-state index contributed by atoms with van der Waals surface area (Å²) in [6, 6.07) is 0.638. The first-order valence-corrected chi connectivity index (χ1v) is 9.26. The van der Waals surface area contributed by atoms with Gasteiger partial charge in [0.1, 0.15) is 0 Å². The Labute approximate surface area is 134 Å². The number of nitrogens with one attached hydrogen (secondary N) is 3. The van der Waals surface area contributed by atoms with Gasteiger partial charge in [0.2, 0.25) is 0 Å². The fourth-order valence-corrected chi connectivity index (χ4v) is 4.28. The van der Waals surface area contributed by atoms with Crippen LogP contribution in [0.5, 0.6) is 0 Å². The lowest BCUT2D eigenvalue weighted by Crippen LogP contribution is -2.58. The van der Waals surface area contributed by atoms with Gasteiger partial charge in [0.05, 0.1) is 6.17 Å². The minimum atomic E-state index is 0.431. The van der Waals surface area contributed by atoms with Crippen molar-refractivity contribution in [1.82, 2.24) is 16.0 Å². The molecule has 3 aliphatic rings. The molecule has 1 aliphatic heterocycles. The molecule has 1 saturated carbocycles. The fourth-order valence-electron chi connectivity index (χ4n) is 4.02. The van der Waals surface area contributed by atoms with E-state index in [1.807, 2.05) is 0 Å². The van der Waals surface area contributed by atoms with E-state index in [1.54, 1.807) is 0 Å². The van der Waals surface area contributed by atoms with Gasteiger partial charge in [-0.05, 0) is 69.7 Å². The number of alkyl halides is 1. The lowest BCUT2D eigenvalue weighted by Gasteiger charge is -2.37. The largest absolute Gasteiger partial charge is 0.302 e. The highest BCUT2D eigenvalue weighted by Gasteiger charge is 2.27. The molecule has 0 spiro atoms. The highest BCUT2D eigenvalue weighted by molar-refractivity contribution is 6.20. The van der Waals surface area contributed by atoms with Gasteiger partial charge in [-0.2, -0.15) is 0 Å². The third-order valence-electron chi connectivity index (χ3n) is 5.44. The van der Waals surface area contributed by atoms with Gasteiger partial charge in [-0.1, -0.05) is 12.2 Å². The molecule has 3 unspecified atom stereocenters. The number of hydrogen-bond acceptors (Lipinski definition) is 3. The lowest BCUT2D eigenvalue weighted by atomic mass is 9.86. The molecule has 21 heavy (non-hydrogen) atoms. The van der Waals surface area contributed by atoms with Crippen LogP contribution < -0.4 is 16.0 Å². The van der Waals surface area contributed by atoms with Crippen molar-refractivity contribution in [2.75, 3.05) is 13.2 Å². The van der Waals surface area contributed by atoms with Crippen molar-refractivity contribution >= 4 is 11.6 Å². The van der Waals surface area contributed by atoms with Gasteiger partial charge < -0.3 is 10.6 Å². The monoisotopic (exact) mass is 311 g/mol. The number of rotatable bonds is 4. The average Bonchev–Trinajstić information content (AvgIpc) is 2.55. The van der Waals surface area contributed by atoms with Crippen LogP contribution in [0.3, 0.4) is 0 Å². The van der Waals surface area contributed by atoms with Gasteiger partial charge in [0.25, 0.3) is 0 Å². The molecule has 3 atom stereocenters. The molecule has 1 heterocycles. The Bertz CT molecular complexity index is 339. The normalized spacial score (nSPS) is 41.1. The van der Waals surface area contributed by atoms with Crippen LogP contribution in [0.15, 0.2) is 12.2 Å². The summed E-state index contributed by atoms with van der Waals surface area (Å²) in [4.78, 5) is 0. The van der Waals surface area contributed by atoms with Gasteiger partial charge in [-0.15, -0.1) is 11.6 Å². The number of hydrogen-bond donors (Lipinski definition) is 3. The molecular formula is C17H30ClN3. The minimum absolute atomic E-state index is 0.431. The molecule has 0 amide bonds. The second-order valence-electron chi connectivity index (χ2n) is 7.03. The zero-order valence-electron chi connectivity index (χ0n) is 13.0. The Morgan fingerprint density at radius 3 is 2.71 bits per heavy atom. The second-order valence-corrected chi connectivity index (χ2v) is 7.65. The van der Waals surface area contributed by atoms with Crippen molar-refractivity contribution in [2.45, 2.75) is 69.0 Å². The van der Waals surface area contributed by atoms with Gasteiger partial charge in [0.15, 0.2) is 0 Å². The maximum atomic E-state index is 6.19. The van der Waals surface area contributed by atoms with Crippen molar-refractivity contribution in [3.05, 3.63) is 12.2 Å². The third-order valence-corrected chi connectivity index (χ3v) is 5.88. The average molecular weight is 312 g/mol. The van der Waals surface area contributed by atoms with E-state index in [0.717, 1.165) is 25.0 Å². The van der Waals surface area contributed by atoms with Gasteiger partial charge in [-0.25, -0.2) is 0 Å². The summed E-state index contributed by atoms with van der Waals surface area (Å²) in [5.74, 6) is 1.56. The summed E-state index contributed by atoms with van der Waals surface area (Å²) in [6.07, 6.45) is 15.4. The predicted molar refractivity (Wildman–Crippen MR) is 89.4 cm³/mol. The minimum Gasteiger partial charge on any atom is -0.302 e. The Kier molecular flexibility index (Phi) is 5.98.